The van der Waals surface area contributed by atoms with Gasteiger partial charge in [-0.2, -0.15) is 5.10 Å². The molecule has 1 atom stereocenters. The molecule has 1 heterocycles. The van der Waals surface area contributed by atoms with Crippen LogP contribution in [-0.2, 0) is 4.79 Å². The Morgan fingerprint density at radius 3 is 2.65 bits per heavy atom. The number of carbonyl (C=O) groups is 2. The van der Waals surface area contributed by atoms with E-state index in [0.29, 0.717) is 6.42 Å². The molecule has 2 rings (SSSR count). The zero-order valence-corrected chi connectivity index (χ0v) is 14.3. The zero-order valence-electron chi connectivity index (χ0n) is 14.3. The first-order chi connectivity index (χ1) is 12.3. The van der Waals surface area contributed by atoms with Crippen molar-refractivity contribution in [2.45, 2.75) is 20.3 Å². The molecule has 0 saturated carbocycles. The van der Waals surface area contributed by atoms with Crippen LogP contribution in [0.1, 0.15) is 30.6 Å². The molecule has 0 bridgehead atoms. The van der Waals surface area contributed by atoms with Gasteiger partial charge >= 0.3 is 5.97 Å². The third-order valence-corrected chi connectivity index (χ3v) is 3.71. The number of aliphatic carboxylic acids is 1. The number of aromatic nitrogens is 3. The lowest BCUT2D eigenvalue weighted by Crippen LogP contribution is -2.33. The number of carbonyl (C=O) groups excluding carboxylic acids is 1. The number of hydrogen-bond acceptors (Lipinski definition) is 6. The van der Waals surface area contributed by atoms with Crippen LogP contribution in [0.2, 0.25) is 0 Å². The summed E-state index contributed by atoms with van der Waals surface area (Å²) in [6.07, 6.45) is 2.97. The van der Waals surface area contributed by atoms with E-state index in [2.05, 4.69) is 15.4 Å². The highest BCUT2D eigenvalue weighted by molar-refractivity contribution is 5.95. The summed E-state index contributed by atoms with van der Waals surface area (Å²) in [6, 6.07) is 3.94. The molecule has 2 aromatic rings. The normalized spacial score (nSPS) is 12.0. The molecule has 0 saturated heterocycles. The molecule has 1 aromatic carbocycles. The number of nitro groups is 1. The topological polar surface area (TPSA) is 140 Å². The van der Waals surface area contributed by atoms with Crippen molar-refractivity contribution in [1.29, 1.82) is 0 Å². The number of nitro benzene ring substituents is 1. The molecule has 2 N–H and O–H groups in total. The van der Waals surface area contributed by atoms with Crippen molar-refractivity contribution in [3.05, 3.63) is 46.5 Å². The standard InChI is InChI=1S/C16H19N5O5/c1-10(2)5-12(16(23)24)7-18-15(22)11-3-4-13(14(6-11)21(25)26)20-9-17-8-19-20/h3-4,6,8-10,12H,5,7H2,1-2H3,(H,18,22)(H,23,24). The summed E-state index contributed by atoms with van der Waals surface area (Å²) in [7, 11) is 0. The predicted molar refractivity (Wildman–Crippen MR) is 90.9 cm³/mol. The van der Waals surface area contributed by atoms with E-state index in [4.69, 9.17) is 0 Å². The molecule has 138 valence electrons. The van der Waals surface area contributed by atoms with E-state index in [1.807, 2.05) is 13.8 Å². The molecule has 1 unspecified atom stereocenters. The summed E-state index contributed by atoms with van der Waals surface area (Å²) in [5.74, 6) is -2.13. The van der Waals surface area contributed by atoms with E-state index >= 15 is 0 Å². The number of nitrogens with zero attached hydrogens (tertiary/aromatic N) is 4. The summed E-state index contributed by atoms with van der Waals surface area (Å²) in [5, 5.41) is 26.9. The van der Waals surface area contributed by atoms with Crippen LogP contribution < -0.4 is 5.32 Å². The Morgan fingerprint density at radius 2 is 2.12 bits per heavy atom. The maximum absolute atomic E-state index is 12.3. The third kappa shape index (κ3) is 4.62. The minimum absolute atomic E-state index is 0.0506. The highest BCUT2D eigenvalue weighted by Crippen LogP contribution is 2.23. The molecule has 26 heavy (non-hydrogen) atoms. The van der Waals surface area contributed by atoms with Crippen LogP contribution in [0.15, 0.2) is 30.9 Å². The molecule has 0 aliphatic heterocycles. The Labute approximate surface area is 149 Å². The lowest BCUT2D eigenvalue weighted by molar-refractivity contribution is -0.384. The molecule has 0 aliphatic rings. The first-order valence-electron chi connectivity index (χ1n) is 7.94. The lowest BCUT2D eigenvalue weighted by Gasteiger charge is -2.15. The van der Waals surface area contributed by atoms with Gasteiger partial charge in [0.25, 0.3) is 11.6 Å². The summed E-state index contributed by atoms with van der Waals surface area (Å²) in [6.45, 7) is 3.74. The number of benzene rings is 1. The van der Waals surface area contributed by atoms with Crippen molar-refractivity contribution in [3.8, 4) is 5.69 Å². The number of rotatable bonds is 8. The second-order valence-electron chi connectivity index (χ2n) is 6.18. The van der Waals surface area contributed by atoms with Gasteiger partial charge in [-0.1, -0.05) is 13.8 Å². The number of hydrogen-bond donors (Lipinski definition) is 2. The van der Waals surface area contributed by atoms with Crippen LogP contribution in [0.25, 0.3) is 5.69 Å². The van der Waals surface area contributed by atoms with E-state index in [1.165, 1.54) is 29.5 Å². The van der Waals surface area contributed by atoms with E-state index < -0.39 is 22.7 Å². The molecule has 1 amide bonds. The Kier molecular flexibility index (Phi) is 5.99. The molecule has 0 aliphatic carbocycles. The van der Waals surface area contributed by atoms with Gasteiger partial charge in [0.1, 0.15) is 18.3 Å². The average Bonchev–Trinajstić information content (AvgIpc) is 3.11. The van der Waals surface area contributed by atoms with Gasteiger partial charge in [-0.05, 0) is 24.5 Å². The van der Waals surface area contributed by atoms with E-state index in [1.54, 1.807) is 0 Å². The second kappa shape index (κ2) is 8.19. The summed E-state index contributed by atoms with van der Waals surface area (Å²) in [5.41, 5.74) is -0.0679. The summed E-state index contributed by atoms with van der Waals surface area (Å²) < 4.78 is 1.23. The van der Waals surface area contributed by atoms with E-state index in [-0.39, 0.29) is 29.4 Å². The van der Waals surface area contributed by atoms with Crippen LogP contribution in [0.3, 0.4) is 0 Å². The predicted octanol–water partition coefficient (Wildman–Crippen LogP) is 1.65. The van der Waals surface area contributed by atoms with Crippen molar-refractivity contribution in [1.82, 2.24) is 20.1 Å². The van der Waals surface area contributed by atoms with E-state index in [9.17, 15) is 24.8 Å². The zero-order chi connectivity index (χ0) is 19.3. The fraction of sp³-hybridized carbons (Fsp3) is 0.375. The summed E-state index contributed by atoms with van der Waals surface area (Å²) in [4.78, 5) is 37.9. The van der Waals surface area contributed by atoms with Crippen LogP contribution in [0.5, 0.6) is 0 Å². The van der Waals surface area contributed by atoms with Crippen molar-refractivity contribution < 1.29 is 19.6 Å². The molecular formula is C16H19N5O5. The Hall–Kier alpha value is -3.30. The van der Waals surface area contributed by atoms with Crippen LogP contribution in [0.4, 0.5) is 5.69 Å². The quantitative estimate of drug-likeness (QED) is 0.538. The van der Waals surface area contributed by atoms with Crippen molar-refractivity contribution in [3.63, 3.8) is 0 Å². The van der Waals surface area contributed by atoms with Gasteiger partial charge in [-0.25, -0.2) is 9.67 Å². The van der Waals surface area contributed by atoms with Crippen molar-refractivity contribution in [2.24, 2.45) is 11.8 Å². The van der Waals surface area contributed by atoms with Crippen LogP contribution in [0, 0.1) is 22.0 Å². The molecule has 1 aromatic heterocycles. The maximum atomic E-state index is 12.3. The first-order valence-corrected chi connectivity index (χ1v) is 7.94. The Morgan fingerprint density at radius 1 is 1.38 bits per heavy atom. The SMILES string of the molecule is CC(C)CC(CNC(=O)c1ccc(-n2cncn2)c([N+](=O)[O-])c1)C(=O)O. The number of amides is 1. The number of carboxylic acids is 1. The monoisotopic (exact) mass is 361 g/mol. The first kappa shape index (κ1) is 19.0. The van der Waals surface area contributed by atoms with Crippen molar-refractivity contribution in [2.75, 3.05) is 6.54 Å². The van der Waals surface area contributed by atoms with Gasteiger partial charge in [0.15, 0.2) is 0 Å². The molecule has 0 radical (unpaired) electrons. The highest BCUT2D eigenvalue weighted by Gasteiger charge is 2.22. The Bertz CT molecular complexity index is 803. The van der Waals surface area contributed by atoms with Crippen LogP contribution >= 0.6 is 0 Å². The van der Waals surface area contributed by atoms with Gasteiger partial charge in [0, 0.05) is 18.2 Å². The molecule has 10 nitrogen and oxygen atoms in total. The van der Waals surface area contributed by atoms with E-state index in [0.717, 1.165) is 6.07 Å². The van der Waals surface area contributed by atoms with Gasteiger partial charge in [-0.3, -0.25) is 19.7 Å². The highest BCUT2D eigenvalue weighted by atomic mass is 16.6. The average molecular weight is 361 g/mol. The molecule has 0 spiro atoms. The molecule has 10 heteroatoms. The maximum Gasteiger partial charge on any atom is 0.308 e. The number of carboxylic acid groups (broad SMARTS) is 1. The minimum Gasteiger partial charge on any atom is -0.481 e. The molecule has 0 fully saturated rings. The fourth-order valence-electron chi connectivity index (χ4n) is 2.50. The minimum atomic E-state index is -0.994. The fourth-order valence-corrected chi connectivity index (χ4v) is 2.50. The number of nitrogens with one attached hydrogen (secondary N) is 1. The molecular weight excluding hydrogens is 342 g/mol. The van der Waals surface area contributed by atoms with Gasteiger partial charge < -0.3 is 10.4 Å². The van der Waals surface area contributed by atoms with Gasteiger partial charge in [0.2, 0.25) is 0 Å². The third-order valence-electron chi connectivity index (χ3n) is 3.71. The Balaban J connectivity index is 2.18. The smallest absolute Gasteiger partial charge is 0.308 e. The van der Waals surface area contributed by atoms with Crippen LogP contribution in [-0.4, -0.2) is 43.2 Å². The largest absolute Gasteiger partial charge is 0.481 e. The van der Waals surface area contributed by atoms with Gasteiger partial charge in [0.05, 0.1) is 10.8 Å². The second-order valence-corrected chi connectivity index (χ2v) is 6.18. The van der Waals surface area contributed by atoms with Crippen molar-refractivity contribution >= 4 is 17.6 Å². The lowest BCUT2D eigenvalue weighted by atomic mass is 9.97. The van der Waals surface area contributed by atoms with Gasteiger partial charge in [-0.15, -0.1) is 0 Å². The summed E-state index contributed by atoms with van der Waals surface area (Å²) >= 11 is 0.